The minimum atomic E-state index is -3.15. The van der Waals surface area contributed by atoms with Gasteiger partial charge in [0.2, 0.25) is 0 Å². The van der Waals surface area contributed by atoms with Crippen LogP contribution in [0, 0.1) is 18.6 Å². The molecule has 2 aliphatic rings. The van der Waals surface area contributed by atoms with E-state index in [-0.39, 0.29) is 30.4 Å². The lowest BCUT2D eigenvalue weighted by Gasteiger charge is -2.36. The first-order valence-electron chi connectivity index (χ1n) is 7.11. The van der Waals surface area contributed by atoms with Crippen molar-refractivity contribution in [2.45, 2.75) is 55.1 Å². The van der Waals surface area contributed by atoms with Crippen molar-refractivity contribution in [1.29, 1.82) is 0 Å². The van der Waals surface area contributed by atoms with E-state index in [0.29, 0.717) is 12.8 Å². The van der Waals surface area contributed by atoms with E-state index >= 15 is 0 Å². The standard InChI is InChI=1S/C15H18F2O3S/c1-9-2-3-10(14(17)13(9)16)6-15(18)7-11-4-5-12(8-15)21(11,19)20/h2-3,11-12,18H,4-8H2,1H3. The highest BCUT2D eigenvalue weighted by Gasteiger charge is 2.52. The van der Waals surface area contributed by atoms with Crippen molar-refractivity contribution in [2.75, 3.05) is 0 Å². The van der Waals surface area contributed by atoms with Crippen molar-refractivity contribution in [3.8, 4) is 0 Å². The Morgan fingerprint density at radius 3 is 2.33 bits per heavy atom. The zero-order valence-electron chi connectivity index (χ0n) is 11.8. The predicted octanol–water partition coefficient (Wildman–Crippen LogP) is 2.29. The molecular weight excluding hydrogens is 298 g/mol. The molecule has 2 atom stereocenters. The number of hydrogen-bond acceptors (Lipinski definition) is 3. The molecule has 1 aromatic carbocycles. The molecule has 2 unspecified atom stereocenters. The van der Waals surface area contributed by atoms with Crippen LogP contribution in [-0.4, -0.2) is 29.6 Å². The fourth-order valence-corrected chi connectivity index (χ4v) is 6.22. The third-order valence-corrected chi connectivity index (χ3v) is 7.49. The van der Waals surface area contributed by atoms with Crippen LogP contribution in [0.15, 0.2) is 12.1 Å². The Labute approximate surface area is 122 Å². The Morgan fingerprint density at radius 1 is 1.19 bits per heavy atom. The molecule has 2 saturated heterocycles. The van der Waals surface area contributed by atoms with E-state index in [9.17, 15) is 22.3 Å². The smallest absolute Gasteiger partial charge is 0.162 e. The molecule has 1 aromatic rings. The van der Waals surface area contributed by atoms with Crippen molar-refractivity contribution in [3.05, 3.63) is 34.9 Å². The third-order valence-electron chi connectivity index (χ3n) is 4.83. The molecule has 2 fully saturated rings. The Kier molecular flexibility index (Phi) is 3.37. The first kappa shape index (κ1) is 14.9. The summed E-state index contributed by atoms with van der Waals surface area (Å²) in [5, 5.41) is 9.58. The molecule has 0 saturated carbocycles. The fourth-order valence-electron chi connectivity index (χ4n) is 3.66. The lowest BCUT2D eigenvalue weighted by Crippen LogP contribution is -2.46. The van der Waals surface area contributed by atoms with Crippen LogP contribution < -0.4 is 0 Å². The molecule has 3 rings (SSSR count). The summed E-state index contributed by atoms with van der Waals surface area (Å²) in [5.41, 5.74) is -0.937. The second-order valence-corrected chi connectivity index (χ2v) is 8.90. The first-order valence-corrected chi connectivity index (χ1v) is 8.72. The summed E-state index contributed by atoms with van der Waals surface area (Å²) in [6.07, 6.45) is 1.29. The van der Waals surface area contributed by atoms with Crippen LogP contribution in [0.3, 0.4) is 0 Å². The summed E-state index contributed by atoms with van der Waals surface area (Å²) in [6.45, 7) is 1.48. The van der Waals surface area contributed by atoms with E-state index < -0.39 is 37.6 Å². The van der Waals surface area contributed by atoms with Gasteiger partial charge in [-0.3, -0.25) is 0 Å². The molecule has 2 aliphatic heterocycles. The van der Waals surface area contributed by atoms with Crippen molar-refractivity contribution in [3.63, 3.8) is 0 Å². The van der Waals surface area contributed by atoms with Crippen LogP contribution in [0.2, 0.25) is 0 Å². The van der Waals surface area contributed by atoms with Crippen LogP contribution in [0.5, 0.6) is 0 Å². The van der Waals surface area contributed by atoms with Gasteiger partial charge in [-0.2, -0.15) is 0 Å². The number of halogens is 2. The van der Waals surface area contributed by atoms with Crippen LogP contribution in [0.1, 0.15) is 36.8 Å². The van der Waals surface area contributed by atoms with Crippen LogP contribution in [-0.2, 0) is 16.3 Å². The van der Waals surface area contributed by atoms with Crippen molar-refractivity contribution in [1.82, 2.24) is 0 Å². The SMILES string of the molecule is Cc1ccc(CC2(O)CC3CCC(C2)S3(=O)=O)c(F)c1F. The number of aryl methyl sites for hydroxylation is 1. The van der Waals surface area contributed by atoms with Gasteiger partial charge in [0.25, 0.3) is 0 Å². The first-order chi connectivity index (χ1) is 9.73. The van der Waals surface area contributed by atoms with Gasteiger partial charge in [0, 0.05) is 6.42 Å². The maximum absolute atomic E-state index is 13.9. The van der Waals surface area contributed by atoms with Crippen LogP contribution >= 0.6 is 0 Å². The largest absolute Gasteiger partial charge is 0.389 e. The summed E-state index contributed by atoms with van der Waals surface area (Å²) in [7, 11) is -3.15. The molecule has 0 amide bonds. The summed E-state index contributed by atoms with van der Waals surface area (Å²) < 4.78 is 51.6. The molecule has 0 spiro atoms. The quantitative estimate of drug-likeness (QED) is 0.911. The van der Waals surface area contributed by atoms with Crippen LogP contribution in [0.4, 0.5) is 8.78 Å². The van der Waals surface area contributed by atoms with Gasteiger partial charge < -0.3 is 5.11 Å². The van der Waals surface area contributed by atoms with Gasteiger partial charge in [-0.05, 0) is 43.7 Å². The van der Waals surface area contributed by atoms with Gasteiger partial charge in [0.15, 0.2) is 21.5 Å². The van der Waals surface area contributed by atoms with Gasteiger partial charge in [-0.1, -0.05) is 12.1 Å². The van der Waals surface area contributed by atoms with Crippen molar-refractivity contribution < 1.29 is 22.3 Å². The van der Waals surface area contributed by atoms with E-state index in [2.05, 4.69) is 0 Å². The van der Waals surface area contributed by atoms with Gasteiger partial charge in [0.05, 0.1) is 16.1 Å². The fraction of sp³-hybridized carbons (Fsp3) is 0.600. The number of fused-ring (bicyclic) bond motifs is 2. The minimum absolute atomic E-state index is 0.0431. The highest BCUT2D eigenvalue weighted by atomic mass is 32.2. The highest BCUT2D eigenvalue weighted by Crippen LogP contribution is 2.44. The lowest BCUT2D eigenvalue weighted by atomic mass is 9.86. The van der Waals surface area contributed by atoms with Gasteiger partial charge in [0.1, 0.15) is 0 Å². The molecule has 1 N–H and O–H groups in total. The summed E-state index contributed by atoms with van der Waals surface area (Å²) in [4.78, 5) is 0. The molecule has 2 heterocycles. The second kappa shape index (κ2) is 4.74. The lowest BCUT2D eigenvalue weighted by molar-refractivity contribution is 0.0210. The van der Waals surface area contributed by atoms with E-state index in [1.54, 1.807) is 0 Å². The number of hydrogen-bond donors (Lipinski definition) is 1. The van der Waals surface area contributed by atoms with Crippen LogP contribution in [0.25, 0.3) is 0 Å². The highest BCUT2D eigenvalue weighted by molar-refractivity contribution is 7.93. The zero-order valence-corrected chi connectivity index (χ0v) is 12.6. The summed E-state index contributed by atoms with van der Waals surface area (Å²) >= 11 is 0. The molecule has 116 valence electrons. The Hall–Kier alpha value is -1.01. The molecule has 0 aromatic heterocycles. The number of rotatable bonds is 2. The van der Waals surface area contributed by atoms with E-state index in [4.69, 9.17) is 0 Å². The van der Waals surface area contributed by atoms with E-state index in [1.807, 2.05) is 0 Å². The van der Waals surface area contributed by atoms with E-state index in [0.717, 1.165) is 0 Å². The summed E-state index contributed by atoms with van der Waals surface area (Å²) in [6, 6.07) is 2.95. The molecular formula is C15H18F2O3S. The zero-order chi connectivity index (χ0) is 15.4. The van der Waals surface area contributed by atoms with Gasteiger partial charge in [-0.25, -0.2) is 17.2 Å². The number of sulfone groups is 1. The minimum Gasteiger partial charge on any atom is -0.389 e. The van der Waals surface area contributed by atoms with Crippen molar-refractivity contribution >= 4 is 9.84 Å². The van der Waals surface area contributed by atoms with Gasteiger partial charge in [-0.15, -0.1) is 0 Å². The maximum atomic E-state index is 13.9. The average molecular weight is 316 g/mol. The molecule has 6 heteroatoms. The molecule has 0 radical (unpaired) electrons. The average Bonchev–Trinajstić information content (AvgIpc) is 2.60. The van der Waals surface area contributed by atoms with E-state index in [1.165, 1.54) is 19.1 Å². The monoisotopic (exact) mass is 316 g/mol. The normalized spacial score (nSPS) is 34.1. The Balaban J connectivity index is 1.88. The Morgan fingerprint density at radius 2 is 1.76 bits per heavy atom. The second-order valence-electron chi connectivity index (χ2n) is 6.39. The molecule has 0 aliphatic carbocycles. The molecule has 21 heavy (non-hydrogen) atoms. The third kappa shape index (κ3) is 2.38. The van der Waals surface area contributed by atoms with Crippen molar-refractivity contribution in [2.24, 2.45) is 0 Å². The number of benzene rings is 1. The number of aliphatic hydroxyl groups is 1. The Bertz CT molecular complexity index is 664. The topological polar surface area (TPSA) is 54.4 Å². The summed E-state index contributed by atoms with van der Waals surface area (Å²) in [5.74, 6) is -1.84. The maximum Gasteiger partial charge on any atom is 0.162 e. The van der Waals surface area contributed by atoms with Gasteiger partial charge >= 0.3 is 0 Å². The predicted molar refractivity (Wildman–Crippen MR) is 74.7 cm³/mol. The molecule has 3 nitrogen and oxygen atoms in total. The molecule has 2 bridgehead atoms.